The van der Waals surface area contributed by atoms with Gasteiger partial charge in [0.25, 0.3) is 0 Å². The number of hydrogen-bond donors (Lipinski definition) is 0. The summed E-state index contributed by atoms with van der Waals surface area (Å²) < 4.78 is 0. The minimum absolute atomic E-state index is 0.769. The molecule has 110 valence electrons. The van der Waals surface area contributed by atoms with E-state index in [0.717, 1.165) is 56.8 Å². The summed E-state index contributed by atoms with van der Waals surface area (Å²) in [6.07, 6.45) is 4.34. The maximum atomic E-state index is 4.49. The number of aromatic nitrogens is 2. The molecule has 1 aromatic heterocycles. The molecule has 2 aliphatic heterocycles. The Bertz CT molecular complexity index is 442. The van der Waals surface area contributed by atoms with E-state index in [-0.39, 0.29) is 0 Å². The third-order valence-electron chi connectivity index (χ3n) is 4.45. The topological polar surface area (TPSA) is 35.5 Å². The maximum Gasteiger partial charge on any atom is 0.134 e. The molecule has 2 aliphatic rings. The summed E-state index contributed by atoms with van der Waals surface area (Å²) in [6.45, 7) is 8.92. The Balaban J connectivity index is 1.72. The van der Waals surface area contributed by atoms with Crippen molar-refractivity contribution in [3.05, 3.63) is 12.4 Å². The lowest BCUT2D eigenvalue weighted by molar-refractivity contribution is 0.312. The van der Waals surface area contributed by atoms with E-state index < -0.39 is 0 Å². The van der Waals surface area contributed by atoms with E-state index in [1.165, 1.54) is 12.8 Å². The third-order valence-corrected chi connectivity index (χ3v) is 4.45. The van der Waals surface area contributed by atoms with Crippen molar-refractivity contribution in [2.75, 3.05) is 56.1 Å². The van der Waals surface area contributed by atoms with Crippen LogP contribution in [0.15, 0.2) is 12.4 Å². The maximum absolute atomic E-state index is 4.49. The van der Waals surface area contributed by atoms with Crippen LogP contribution in [0.1, 0.15) is 19.8 Å². The van der Waals surface area contributed by atoms with Gasteiger partial charge in [-0.3, -0.25) is 0 Å². The van der Waals surface area contributed by atoms with E-state index in [4.69, 9.17) is 0 Å². The Labute approximate surface area is 121 Å². The Morgan fingerprint density at radius 1 is 1.00 bits per heavy atom. The minimum Gasteiger partial charge on any atom is -0.356 e. The first-order valence-corrected chi connectivity index (χ1v) is 7.73. The molecule has 0 spiro atoms. The van der Waals surface area contributed by atoms with Crippen molar-refractivity contribution in [3.8, 4) is 0 Å². The summed E-state index contributed by atoms with van der Waals surface area (Å²) in [5.74, 6) is 2.95. The van der Waals surface area contributed by atoms with Crippen LogP contribution in [0.4, 0.5) is 11.6 Å². The molecule has 5 nitrogen and oxygen atoms in total. The first kappa shape index (κ1) is 13.6. The van der Waals surface area contributed by atoms with E-state index >= 15 is 0 Å². The van der Waals surface area contributed by atoms with Crippen LogP contribution in [0, 0.1) is 5.92 Å². The number of anilines is 2. The van der Waals surface area contributed by atoms with E-state index in [2.05, 4.69) is 44.7 Å². The van der Waals surface area contributed by atoms with Crippen LogP contribution >= 0.6 is 0 Å². The van der Waals surface area contributed by atoms with Crippen molar-refractivity contribution in [3.63, 3.8) is 0 Å². The number of piperidine rings is 1. The zero-order valence-corrected chi connectivity index (χ0v) is 12.6. The molecule has 2 saturated heterocycles. The molecule has 0 N–H and O–H groups in total. The average molecular weight is 275 g/mol. The lowest BCUT2D eigenvalue weighted by Crippen LogP contribution is -2.45. The first-order valence-electron chi connectivity index (χ1n) is 7.73. The second-order valence-electron chi connectivity index (χ2n) is 6.22. The normalized spacial score (nSPS) is 25.0. The average Bonchev–Trinajstić information content (AvgIpc) is 2.48. The lowest BCUT2D eigenvalue weighted by Gasteiger charge is -2.35. The van der Waals surface area contributed by atoms with Gasteiger partial charge in [0.2, 0.25) is 0 Å². The minimum atomic E-state index is 0.769. The second-order valence-corrected chi connectivity index (χ2v) is 6.22. The van der Waals surface area contributed by atoms with Crippen LogP contribution in [0.5, 0.6) is 0 Å². The monoisotopic (exact) mass is 275 g/mol. The highest BCUT2D eigenvalue weighted by atomic mass is 15.3. The van der Waals surface area contributed by atoms with Crippen LogP contribution in [-0.2, 0) is 0 Å². The van der Waals surface area contributed by atoms with Crippen molar-refractivity contribution in [2.24, 2.45) is 5.92 Å². The van der Waals surface area contributed by atoms with Crippen molar-refractivity contribution >= 4 is 11.6 Å². The summed E-state index contributed by atoms with van der Waals surface area (Å²) in [5, 5.41) is 0. The molecule has 1 atom stereocenters. The fourth-order valence-corrected chi connectivity index (χ4v) is 3.12. The van der Waals surface area contributed by atoms with Gasteiger partial charge in [-0.1, -0.05) is 6.92 Å². The van der Waals surface area contributed by atoms with Crippen LogP contribution in [0.3, 0.4) is 0 Å². The quantitative estimate of drug-likeness (QED) is 0.816. The van der Waals surface area contributed by atoms with Gasteiger partial charge in [-0.2, -0.15) is 0 Å². The molecule has 0 amide bonds. The molecule has 0 radical (unpaired) electrons. The van der Waals surface area contributed by atoms with Gasteiger partial charge in [0.05, 0.1) is 0 Å². The smallest absolute Gasteiger partial charge is 0.134 e. The van der Waals surface area contributed by atoms with Gasteiger partial charge in [-0.15, -0.1) is 0 Å². The Morgan fingerprint density at radius 3 is 2.40 bits per heavy atom. The molecule has 5 heteroatoms. The molecule has 0 bridgehead atoms. The van der Waals surface area contributed by atoms with Crippen molar-refractivity contribution in [2.45, 2.75) is 19.8 Å². The number of piperazine rings is 1. The van der Waals surface area contributed by atoms with Crippen LogP contribution in [0.2, 0.25) is 0 Å². The molecule has 1 aromatic rings. The highest BCUT2D eigenvalue weighted by molar-refractivity contribution is 5.50. The number of hydrogen-bond acceptors (Lipinski definition) is 5. The summed E-state index contributed by atoms with van der Waals surface area (Å²) in [5.41, 5.74) is 0. The predicted octanol–water partition coefficient (Wildman–Crippen LogP) is 1.46. The molecule has 0 aromatic carbocycles. The summed E-state index contributed by atoms with van der Waals surface area (Å²) in [7, 11) is 2.18. The molecular formula is C15H25N5. The largest absolute Gasteiger partial charge is 0.356 e. The zero-order valence-electron chi connectivity index (χ0n) is 12.6. The summed E-state index contributed by atoms with van der Waals surface area (Å²) >= 11 is 0. The lowest BCUT2D eigenvalue weighted by atomic mass is 10.0. The van der Waals surface area contributed by atoms with E-state index in [0.29, 0.717) is 0 Å². The molecular weight excluding hydrogens is 250 g/mol. The molecule has 3 heterocycles. The molecule has 0 unspecified atom stereocenters. The van der Waals surface area contributed by atoms with Gasteiger partial charge in [0, 0.05) is 45.3 Å². The third kappa shape index (κ3) is 3.03. The van der Waals surface area contributed by atoms with Crippen molar-refractivity contribution in [1.29, 1.82) is 0 Å². The van der Waals surface area contributed by atoms with E-state index in [9.17, 15) is 0 Å². The zero-order chi connectivity index (χ0) is 13.9. The molecule has 20 heavy (non-hydrogen) atoms. The SMILES string of the molecule is C[C@@H]1CCCN(c2cc(N3CCN(C)CC3)ncn2)C1. The van der Waals surface area contributed by atoms with Gasteiger partial charge in [-0.05, 0) is 25.8 Å². The van der Waals surface area contributed by atoms with Crippen LogP contribution < -0.4 is 9.80 Å². The molecule has 3 rings (SSSR count). The highest BCUT2D eigenvalue weighted by Gasteiger charge is 2.20. The van der Waals surface area contributed by atoms with Gasteiger partial charge < -0.3 is 14.7 Å². The number of likely N-dealkylation sites (N-methyl/N-ethyl adjacent to an activating group) is 1. The Kier molecular flexibility index (Phi) is 4.05. The number of rotatable bonds is 2. The number of nitrogens with zero attached hydrogens (tertiary/aromatic N) is 5. The summed E-state index contributed by atoms with van der Waals surface area (Å²) in [4.78, 5) is 16.1. The van der Waals surface area contributed by atoms with Gasteiger partial charge in [0.15, 0.2) is 0 Å². The standard InChI is InChI=1S/C15H25N5/c1-13-4-3-5-20(11-13)15-10-14(16-12-17-15)19-8-6-18(2)7-9-19/h10,12-13H,3-9,11H2,1-2H3/t13-/m1/s1. The summed E-state index contributed by atoms with van der Waals surface area (Å²) in [6, 6.07) is 2.17. The fraction of sp³-hybridized carbons (Fsp3) is 0.733. The first-order chi connectivity index (χ1) is 9.72. The molecule has 0 saturated carbocycles. The predicted molar refractivity (Wildman–Crippen MR) is 82.4 cm³/mol. The van der Waals surface area contributed by atoms with Gasteiger partial charge in [0.1, 0.15) is 18.0 Å². The Morgan fingerprint density at radius 2 is 1.70 bits per heavy atom. The van der Waals surface area contributed by atoms with Crippen LogP contribution in [-0.4, -0.2) is 61.2 Å². The molecule has 0 aliphatic carbocycles. The Hall–Kier alpha value is -1.36. The highest BCUT2D eigenvalue weighted by Crippen LogP contribution is 2.23. The van der Waals surface area contributed by atoms with Gasteiger partial charge in [-0.25, -0.2) is 9.97 Å². The van der Waals surface area contributed by atoms with Crippen LogP contribution in [0.25, 0.3) is 0 Å². The van der Waals surface area contributed by atoms with Crippen molar-refractivity contribution in [1.82, 2.24) is 14.9 Å². The van der Waals surface area contributed by atoms with E-state index in [1.54, 1.807) is 6.33 Å². The van der Waals surface area contributed by atoms with Gasteiger partial charge >= 0.3 is 0 Å². The van der Waals surface area contributed by atoms with E-state index in [1.807, 2.05) is 0 Å². The van der Waals surface area contributed by atoms with Crippen molar-refractivity contribution < 1.29 is 0 Å². The fourth-order valence-electron chi connectivity index (χ4n) is 3.12. The second kappa shape index (κ2) is 5.95. The molecule has 2 fully saturated rings.